The molecule has 0 radical (unpaired) electrons. The van der Waals surface area contributed by atoms with E-state index in [0.29, 0.717) is 17.4 Å². The van der Waals surface area contributed by atoms with E-state index < -0.39 is 0 Å². The number of hydrogen-bond donors (Lipinski definition) is 2. The Morgan fingerprint density at radius 2 is 1.88 bits per heavy atom. The normalized spacial score (nSPS) is 19.3. The zero-order valence-electron chi connectivity index (χ0n) is 19.7. The largest absolute Gasteiger partial charge is 0.344 e. The third-order valence-corrected chi connectivity index (χ3v) is 8.06. The van der Waals surface area contributed by atoms with Crippen molar-refractivity contribution in [3.05, 3.63) is 71.4 Å². The Labute approximate surface area is 193 Å². The van der Waals surface area contributed by atoms with Crippen molar-refractivity contribution in [3.8, 4) is 0 Å². The van der Waals surface area contributed by atoms with E-state index in [-0.39, 0.29) is 0 Å². The SMILES string of the molecule is Cc1cccc(C(CCNCC2(CN)CC2)c2cn(C3CCCCC3)c3ccccc23)c1. The molecule has 3 aromatic rings. The summed E-state index contributed by atoms with van der Waals surface area (Å²) in [5.41, 5.74) is 12.1. The molecule has 0 amide bonds. The van der Waals surface area contributed by atoms with Gasteiger partial charge in [-0.1, -0.05) is 67.3 Å². The van der Waals surface area contributed by atoms with Gasteiger partial charge in [0.25, 0.3) is 0 Å². The molecule has 3 N–H and O–H groups in total. The monoisotopic (exact) mass is 429 g/mol. The molecule has 2 fully saturated rings. The molecular formula is C29H39N3. The van der Waals surface area contributed by atoms with Crippen LogP contribution in [0.4, 0.5) is 0 Å². The smallest absolute Gasteiger partial charge is 0.0485 e. The summed E-state index contributed by atoms with van der Waals surface area (Å²) >= 11 is 0. The third-order valence-electron chi connectivity index (χ3n) is 8.06. The molecule has 2 saturated carbocycles. The fraction of sp³-hybridized carbons (Fsp3) is 0.517. The van der Waals surface area contributed by atoms with Gasteiger partial charge in [-0.05, 0) is 74.7 Å². The van der Waals surface area contributed by atoms with Crippen LogP contribution in [0.15, 0.2) is 54.7 Å². The van der Waals surface area contributed by atoms with E-state index in [1.54, 1.807) is 0 Å². The highest BCUT2D eigenvalue weighted by Crippen LogP contribution is 2.44. The van der Waals surface area contributed by atoms with Crippen molar-refractivity contribution < 1.29 is 0 Å². The zero-order chi connectivity index (χ0) is 22.0. The summed E-state index contributed by atoms with van der Waals surface area (Å²) in [7, 11) is 0. The van der Waals surface area contributed by atoms with Crippen LogP contribution in [0, 0.1) is 12.3 Å². The highest BCUT2D eigenvalue weighted by Gasteiger charge is 2.40. The highest BCUT2D eigenvalue weighted by atomic mass is 15.0. The van der Waals surface area contributed by atoms with Crippen LogP contribution in [0.3, 0.4) is 0 Å². The number of aryl methyl sites for hydroxylation is 1. The molecule has 32 heavy (non-hydrogen) atoms. The summed E-state index contributed by atoms with van der Waals surface area (Å²) < 4.78 is 2.62. The van der Waals surface area contributed by atoms with Crippen LogP contribution in [-0.4, -0.2) is 24.2 Å². The lowest BCUT2D eigenvalue weighted by molar-refractivity contribution is 0.360. The minimum atomic E-state index is 0.385. The van der Waals surface area contributed by atoms with E-state index in [0.717, 1.165) is 26.1 Å². The van der Waals surface area contributed by atoms with E-state index >= 15 is 0 Å². The topological polar surface area (TPSA) is 43.0 Å². The van der Waals surface area contributed by atoms with Gasteiger partial charge in [-0.2, -0.15) is 0 Å². The molecule has 0 spiro atoms. The molecule has 1 aromatic heterocycles. The average molecular weight is 430 g/mol. The maximum Gasteiger partial charge on any atom is 0.0485 e. The molecule has 0 saturated heterocycles. The number of benzene rings is 2. The van der Waals surface area contributed by atoms with Crippen molar-refractivity contribution in [3.63, 3.8) is 0 Å². The average Bonchev–Trinajstić information content (AvgIpc) is 3.52. The van der Waals surface area contributed by atoms with Gasteiger partial charge in [-0.15, -0.1) is 0 Å². The Morgan fingerprint density at radius 1 is 1.06 bits per heavy atom. The first-order chi connectivity index (χ1) is 15.7. The molecule has 2 aromatic carbocycles. The Hall–Kier alpha value is -2.10. The van der Waals surface area contributed by atoms with Crippen molar-refractivity contribution in [2.24, 2.45) is 11.1 Å². The van der Waals surface area contributed by atoms with Gasteiger partial charge in [-0.3, -0.25) is 0 Å². The van der Waals surface area contributed by atoms with E-state index in [4.69, 9.17) is 5.73 Å². The molecule has 3 heteroatoms. The number of rotatable bonds is 9. The predicted molar refractivity (Wildman–Crippen MR) is 135 cm³/mol. The van der Waals surface area contributed by atoms with Crippen LogP contribution in [0.2, 0.25) is 0 Å². The zero-order valence-corrected chi connectivity index (χ0v) is 19.7. The second-order valence-electron chi connectivity index (χ2n) is 10.4. The molecular weight excluding hydrogens is 390 g/mol. The molecule has 1 unspecified atom stereocenters. The summed E-state index contributed by atoms with van der Waals surface area (Å²) in [6.45, 7) is 5.12. The number of aromatic nitrogens is 1. The quantitative estimate of drug-likeness (QED) is 0.392. The first kappa shape index (κ1) is 21.7. The van der Waals surface area contributed by atoms with Gasteiger partial charge in [0, 0.05) is 35.6 Å². The van der Waals surface area contributed by atoms with E-state index in [1.807, 2.05) is 0 Å². The van der Waals surface area contributed by atoms with Gasteiger partial charge in [-0.25, -0.2) is 0 Å². The number of nitrogens with one attached hydrogen (secondary N) is 1. The van der Waals surface area contributed by atoms with Crippen LogP contribution >= 0.6 is 0 Å². The van der Waals surface area contributed by atoms with Crippen LogP contribution in [-0.2, 0) is 0 Å². The maximum absolute atomic E-state index is 6.00. The maximum atomic E-state index is 6.00. The van der Waals surface area contributed by atoms with Gasteiger partial charge in [0.1, 0.15) is 0 Å². The number of hydrogen-bond acceptors (Lipinski definition) is 2. The second kappa shape index (κ2) is 9.41. The Bertz CT molecular complexity index is 1040. The third kappa shape index (κ3) is 4.51. The second-order valence-corrected chi connectivity index (χ2v) is 10.4. The Balaban J connectivity index is 1.46. The number of para-hydroxylation sites is 1. The molecule has 0 bridgehead atoms. The molecule has 5 rings (SSSR count). The van der Waals surface area contributed by atoms with Crippen molar-refractivity contribution in [1.82, 2.24) is 9.88 Å². The fourth-order valence-electron chi connectivity index (χ4n) is 5.79. The van der Waals surface area contributed by atoms with Gasteiger partial charge in [0.15, 0.2) is 0 Å². The molecule has 3 nitrogen and oxygen atoms in total. The van der Waals surface area contributed by atoms with E-state index in [2.05, 4.69) is 71.5 Å². The van der Waals surface area contributed by atoms with Crippen molar-refractivity contribution in [1.29, 1.82) is 0 Å². The minimum absolute atomic E-state index is 0.385. The summed E-state index contributed by atoms with van der Waals surface area (Å²) in [4.78, 5) is 0. The van der Waals surface area contributed by atoms with Gasteiger partial charge >= 0.3 is 0 Å². The van der Waals surface area contributed by atoms with Crippen LogP contribution in [0.1, 0.15) is 80.0 Å². The standard InChI is InChI=1S/C29H39N3/c1-22-8-7-9-23(18-22)25(14-17-31-21-29(20-30)15-16-29)27-19-32(24-10-3-2-4-11-24)28-13-6-5-12-26(27)28/h5-9,12-13,18-19,24-25,31H,2-4,10-11,14-17,20-21,30H2,1H3. The molecule has 2 aliphatic carbocycles. The predicted octanol–water partition coefficient (Wildman–Crippen LogP) is 6.31. The van der Waals surface area contributed by atoms with Crippen molar-refractivity contribution in [2.45, 2.75) is 70.3 Å². The summed E-state index contributed by atoms with van der Waals surface area (Å²) in [5.74, 6) is 0.408. The number of nitrogens with two attached hydrogens (primary N) is 1. The molecule has 2 aliphatic rings. The summed E-state index contributed by atoms with van der Waals surface area (Å²) in [6, 6.07) is 18.9. The van der Waals surface area contributed by atoms with Crippen LogP contribution in [0.25, 0.3) is 10.9 Å². The van der Waals surface area contributed by atoms with Crippen molar-refractivity contribution >= 4 is 10.9 Å². The van der Waals surface area contributed by atoms with Gasteiger partial charge < -0.3 is 15.6 Å². The summed E-state index contributed by atoms with van der Waals surface area (Å²) in [6.07, 6.45) is 12.9. The lowest BCUT2D eigenvalue weighted by Gasteiger charge is -2.24. The number of fused-ring (bicyclic) bond motifs is 1. The Morgan fingerprint density at radius 3 is 2.62 bits per heavy atom. The Kier molecular flexibility index (Phi) is 6.39. The highest BCUT2D eigenvalue weighted by molar-refractivity contribution is 5.85. The van der Waals surface area contributed by atoms with Crippen molar-refractivity contribution in [2.75, 3.05) is 19.6 Å². The van der Waals surface area contributed by atoms with E-state index in [9.17, 15) is 0 Å². The molecule has 170 valence electrons. The van der Waals surface area contributed by atoms with Crippen LogP contribution < -0.4 is 11.1 Å². The lowest BCUT2D eigenvalue weighted by atomic mass is 9.87. The molecule has 1 heterocycles. The fourth-order valence-corrected chi connectivity index (χ4v) is 5.79. The summed E-state index contributed by atoms with van der Waals surface area (Å²) in [5, 5.41) is 5.19. The van der Waals surface area contributed by atoms with Gasteiger partial charge in [0.2, 0.25) is 0 Å². The molecule has 0 aliphatic heterocycles. The first-order valence-electron chi connectivity index (χ1n) is 12.8. The van der Waals surface area contributed by atoms with Gasteiger partial charge in [0.05, 0.1) is 0 Å². The van der Waals surface area contributed by atoms with E-state index in [1.165, 1.54) is 72.5 Å². The lowest BCUT2D eigenvalue weighted by Crippen LogP contribution is -2.30. The first-order valence-corrected chi connectivity index (χ1v) is 12.8. The van der Waals surface area contributed by atoms with Crippen LogP contribution in [0.5, 0.6) is 0 Å². The molecule has 1 atom stereocenters. The number of nitrogens with zero attached hydrogens (tertiary/aromatic N) is 1. The minimum Gasteiger partial charge on any atom is -0.344 e.